The molecule has 7 heteroatoms. The average molecular weight is 383 g/mol. The summed E-state index contributed by atoms with van der Waals surface area (Å²) in [4.78, 5) is 9.77. The summed E-state index contributed by atoms with van der Waals surface area (Å²) in [5.74, 6) is 0.960. The predicted molar refractivity (Wildman–Crippen MR) is 110 cm³/mol. The summed E-state index contributed by atoms with van der Waals surface area (Å²) in [6.07, 6.45) is 2.05. The maximum atomic E-state index is 6.12. The largest absolute Gasteiger partial charge is 0.373 e. The first-order valence-corrected chi connectivity index (χ1v) is 10.1. The first-order valence-electron chi connectivity index (χ1n) is 10.1. The molecule has 2 saturated heterocycles. The van der Waals surface area contributed by atoms with E-state index in [0.29, 0.717) is 12.6 Å². The quantitative estimate of drug-likeness (QED) is 0.627. The summed E-state index contributed by atoms with van der Waals surface area (Å²) in [7, 11) is 1.96. The second-order valence-electron chi connectivity index (χ2n) is 7.45. The van der Waals surface area contributed by atoms with Gasteiger partial charge in [0.15, 0.2) is 5.96 Å². The fourth-order valence-corrected chi connectivity index (χ4v) is 4.08. The van der Waals surface area contributed by atoms with Crippen molar-refractivity contribution in [2.45, 2.75) is 32.2 Å². The van der Waals surface area contributed by atoms with E-state index in [4.69, 9.17) is 9.73 Å². The molecule has 2 fully saturated rings. The van der Waals surface area contributed by atoms with Gasteiger partial charge in [-0.05, 0) is 18.6 Å². The van der Waals surface area contributed by atoms with Gasteiger partial charge in [-0.25, -0.2) is 4.99 Å². The van der Waals surface area contributed by atoms with Gasteiger partial charge in [0.1, 0.15) is 0 Å². The minimum atomic E-state index is 0.234. The highest BCUT2D eigenvalue weighted by Gasteiger charge is 2.41. The van der Waals surface area contributed by atoms with Crippen LogP contribution in [0.15, 0.2) is 47.6 Å². The maximum Gasteiger partial charge on any atom is 0.194 e. The van der Waals surface area contributed by atoms with E-state index in [1.807, 2.05) is 24.0 Å². The minimum absolute atomic E-state index is 0.234. The molecule has 2 aliphatic rings. The molecule has 28 heavy (non-hydrogen) atoms. The van der Waals surface area contributed by atoms with Crippen LogP contribution in [-0.2, 0) is 24.9 Å². The summed E-state index contributed by atoms with van der Waals surface area (Å²) < 4.78 is 7.99. The Balaban J connectivity index is 1.45. The lowest BCUT2D eigenvalue weighted by Gasteiger charge is -2.36. The lowest BCUT2D eigenvalue weighted by molar-refractivity contribution is -0.0502. The van der Waals surface area contributed by atoms with Crippen molar-refractivity contribution in [3.63, 3.8) is 0 Å². The molecule has 0 radical (unpaired) electrons. The molecule has 2 aromatic rings. The molecule has 1 aromatic carbocycles. The molecule has 150 valence electrons. The lowest BCUT2D eigenvalue weighted by Crippen LogP contribution is -2.50. The molecule has 2 atom stereocenters. The second kappa shape index (κ2) is 8.75. The number of guanidine groups is 1. The van der Waals surface area contributed by atoms with Gasteiger partial charge in [0, 0.05) is 46.0 Å². The lowest BCUT2D eigenvalue weighted by atomic mass is 10.1. The normalized spacial score (nSPS) is 23.1. The van der Waals surface area contributed by atoms with E-state index in [9.17, 15) is 0 Å². The fraction of sp³-hybridized carbons (Fsp3) is 0.524. The number of hydrogen-bond acceptors (Lipinski definition) is 4. The minimum Gasteiger partial charge on any atom is -0.373 e. The molecular formula is C21H30N6O. The van der Waals surface area contributed by atoms with E-state index in [2.05, 4.69) is 57.5 Å². The van der Waals surface area contributed by atoms with Gasteiger partial charge in [0.25, 0.3) is 0 Å². The van der Waals surface area contributed by atoms with E-state index < -0.39 is 0 Å². The summed E-state index contributed by atoms with van der Waals surface area (Å²) in [6.45, 7) is 8.16. The number of likely N-dealkylation sites (tertiary alicyclic amines) is 1. The fourth-order valence-electron chi connectivity index (χ4n) is 4.08. The highest BCUT2D eigenvalue weighted by atomic mass is 16.5. The first-order chi connectivity index (χ1) is 13.7. The Labute approximate surface area is 167 Å². The van der Waals surface area contributed by atoms with E-state index in [0.717, 1.165) is 51.0 Å². The van der Waals surface area contributed by atoms with Gasteiger partial charge in [-0.1, -0.05) is 30.3 Å². The zero-order valence-electron chi connectivity index (χ0n) is 16.8. The van der Waals surface area contributed by atoms with E-state index in [1.54, 1.807) is 0 Å². The van der Waals surface area contributed by atoms with Crippen molar-refractivity contribution in [2.75, 3.05) is 32.8 Å². The molecule has 1 aromatic heterocycles. The maximum absolute atomic E-state index is 6.12. The highest BCUT2D eigenvalue weighted by molar-refractivity contribution is 5.80. The van der Waals surface area contributed by atoms with Gasteiger partial charge in [0.05, 0.1) is 31.0 Å². The Morgan fingerprint density at radius 3 is 2.86 bits per heavy atom. The van der Waals surface area contributed by atoms with Crippen LogP contribution in [0.3, 0.4) is 0 Å². The Hall–Kier alpha value is -2.38. The standard InChI is InChI=1S/C21H30N6O/c1-3-22-21(23-13-18-9-10-24-25(18)2)27-15-19-20(16-27)28-12-11-26(19)14-17-7-5-4-6-8-17/h4-10,19-20H,3,11-16H2,1-2H3,(H,22,23). The molecule has 0 amide bonds. The van der Waals surface area contributed by atoms with Gasteiger partial charge in [0.2, 0.25) is 0 Å². The number of morpholine rings is 1. The summed E-state index contributed by atoms with van der Waals surface area (Å²) in [5, 5.41) is 7.69. The van der Waals surface area contributed by atoms with Crippen LogP contribution in [0.4, 0.5) is 0 Å². The van der Waals surface area contributed by atoms with E-state index in [1.165, 1.54) is 5.56 Å². The summed E-state index contributed by atoms with van der Waals surface area (Å²) in [6, 6.07) is 13.1. The molecule has 0 spiro atoms. The van der Waals surface area contributed by atoms with E-state index in [-0.39, 0.29) is 6.10 Å². The van der Waals surface area contributed by atoms with Gasteiger partial charge in [-0.15, -0.1) is 0 Å². The Morgan fingerprint density at radius 2 is 2.11 bits per heavy atom. The Bertz CT molecular complexity index is 789. The molecule has 0 saturated carbocycles. The SMILES string of the molecule is CCNC(=NCc1ccnn1C)N1CC2OCCN(Cc3ccccc3)C2C1. The summed E-state index contributed by atoms with van der Waals surface area (Å²) in [5.41, 5.74) is 2.47. The number of rotatable bonds is 5. The molecule has 0 aliphatic carbocycles. The number of aryl methyl sites for hydroxylation is 1. The zero-order chi connectivity index (χ0) is 19.3. The number of nitrogens with one attached hydrogen (secondary N) is 1. The molecule has 0 bridgehead atoms. The predicted octanol–water partition coefficient (Wildman–Crippen LogP) is 1.47. The average Bonchev–Trinajstić information content (AvgIpc) is 3.33. The smallest absolute Gasteiger partial charge is 0.194 e. The highest BCUT2D eigenvalue weighted by Crippen LogP contribution is 2.24. The van der Waals surface area contributed by atoms with Crippen molar-refractivity contribution in [1.82, 2.24) is 24.9 Å². The second-order valence-corrected chi connectivity index (χ2v) is 7.45. The number of benzene rings is 1. The molecule has 7 nitrogen and oxygen atoms in total. The topological polar surface area (TPSA) is 57.9 Å². The van der Waals surface area contributed by atoms with Crippen LogP contribution in [0.25, 0.3) is 0 Å². The van der Waals surface area contributed by atoms with Crippen molar-refractivity contribution < 1.29 is 4.74 Å². The number of aromatic nitrogens is 2. The van der Waals surface area contributed by atoms with Crippen LogP contribution in [-0.4, -0.2) is 70.5 Å². The molecule has 1 N–H and O–H groups in total. The van der Waals surface area contributed by atoms with Crippen molar-refractivity contribution in [1.29, 1.82) is 0 Å². The zero-order valence-corrected chi connectivity index (χ0v) is 16.8. The first kappa shape index (κ1) is 19.0. The number of aliphatic imine (C=N–C) groups is 1. The van der Waals surface area contributed by atoms with Gasteiger partial charge in [-0.3, -0.25) is 9.58 Å². The number of ether oxygens (including phenoxy) is 1. The third kappa shape index (κ3) is 4.20. The van der Waals surface area contributed by atoms with Crippen molar-refractivity contribution in [3.05, 3.63) is 53.9 Å². The molecule has 3 heterocycles. The van der Waals surface area contributed by atoms with Crippen LogP contribution in [0.2, 0.25) is 0 Å². The van der Waals surface area contributed by atoms with Crippen molar-refractivity contribution in [2.24, 2.45) is 12.0 Å². The van der Waals surface area contributed by atoms with Crippen LogP contribution >= 0.6 is 0 Å². The number of nitrogens with zero attached hydrogens (tertiary/aromatic N) is 5. The molecule has 2 unspecified atom stereocenters. The summed E-state index contributed by atoms with van der Waals surface area (Å²) >= 11 is 0. The van der Waals surface area contributed by atoms with Gasteiger partial charge < -0.3 is 15.0 Å². The van der Waals surface area contributed by atoms with Crippen molar-refractivity contribution >= 4 is 5.96 Å². The Morgan fingerprint density at radius 1 is 1.25 bits per heavy atom. The van der Waals surface area contributed by atoms with Crippen LogP contribution in [0, 0.1) is 0 Å². The molecule has 2 aliphatic heterocycles. The van der Waals surface area contributed by atoms with Gasteiger partial charge >= 0.3 is 0 Å². The van der Waals surface area contributed by atoms with Crippen LogP contribution < -0.4 is 5.32 Å². The molecule has 4 rings (SSSR count). The van der Waals surface area contributed by atoms with Crippen LogP contribution in [0.1, 0.15) is 18.2 Å². The third-order valence-electron chi connectivity index (χ3n) is 5.59. The monoisotopic (exact) mass is 382 g/mol. The van der Waals surface area contributed by atoms with Crippen molar-refractivity contribution in [3.8, 4) is 0 Å². The van der Waals surface area contributed by atoms with Gasteiger partial charge in [-0.2, -0.15) is 5.10 Å². The number of hydrogen-bond donors (Lipinski definition) is 1. The number of fused-ring (bicyclic) bond motifs is 1. The van der Waals surface area contributed by atoms with Crippen LogP contribution in [0.5, 0.6) is 0 Å². The third-order valence-corrected chi connectivity index (χ3v) is 5.59. The Kier molecular flexibility index (Phi) is 5.92. The van der Waals surface area contributed by atoms with E-state index >= 15 is 0 Å². The molecular weight excluding hydrogens is 352 g/mol.